The fourth-order valence-electron chi connectivity index (χ4n) is 1.58. The minimum atomic E-state index is 0.605. The minimum Gasteiger partial charge on any atom is -0.397 e. The topological polar surface area (TPSA) is 41.3 Å². The summed E-state index contributed by atoms with van der Waals surface area (Å²) in [7, 11) is 2.14. The van der Waals surface area contributed by atoms with Crippen LogP contribution in [-0.2, 0) is 0 Å². The van der Waals surface area contributed by atoms with Gasteiger partial charge in [-0.2, -0.15) is 0 Å². The molecule has 1 atom stereocenters. The first-order chi connectivity index (χ1) is 8.04. The van der Waals surface area contributed by atoms with Crippen molar-refractivity contribution in [1.29, 1.82) is 0 Å². The number of nitrogens with zero attached hydrogens (tertiary/aromatic N) is 1. The number of nitrogens with two attached hydrogens (primary N) is 1. The van der Waals surface area contributed by atoms with Gasteiger partial charge in [0.25, 0.3) is 0 Å². The first-order valence-electron chi connectivity index (χ1n) is 6.03. The highest BCUT2D eigenvalue weighted by atomic mass is 35.5. The quantitative estimate of drug-likeness (QED) is 0.768. The predicted molar refractivity (Wildman–Crippen MR) is 76.7 cm³/mol. The molecule has 0 amide bonds. The van der Waals surface area contributed by atoms with Gasteiger partial charge in [-0.1, -0.05) is 18.5 Å². The van der Waals surface area contributed by atoms with E-state index < -0.39 is 0 Å². The Morgan fingerprint density at radius 1 is 1.47 bits per heavy atom. The summed E-state index contributed by atoms with van der Waals surface area (Å²) in [6.45, 7) is 6.28. The van der Waals surface area contributed by atoms with E-state index in [2.05, 4.69) is 31.1 Å². The Morgan fingerprint density at radius 2 is 2.18 bits per heavy atom. The molecule has 0 heterocycles. The number of hydrogen-bond acceptors (Lipinski definition) is 3. The summed E-state index contributed by atoms with van der Waals surface area (Å²) in [5.41, 5.74) is 7.51. The van der Waals surface area contributed by atoms with Gasteiger partial charge in [0.15, 0.2) is 0 Å². The smallest absolute Gasteiger partial charge is 0.0589 e. The summed E-state index contributed by atoms with van der Waals surface area (Å²) in [4.78, 5) is 2.33. The molecular weight excluding hydrogens is 234 g/mol. The number of anilines is 2. The minimum absolute atomic E-state index is 0.605. The highest BCUT2D eigenvalue weighted by Crippen LogP contribution is 2.22. The lowest BCUT2D eigenvalue weighted by molar-refractivity contribution is 0.261. The molecule has 0 aliphatic heterocycles. The molecule has 0 fully saturated rings. The molecule has 1 rings (SSSR count). The summed E-state index contributed by atoms with van der Waals surface area (Å²) < 4.78 is 0. The molecular formula is C13H22ClN3. The number of nitrogens with one attached hydrogen (secondary N) is 1. The predicted octanol–water partition coefficient (Wildman–Crippen LogP) is 3.06. The summed E-state index contributed by atoms with van der Waals surface area (Å²) in [6.07, 6.45) is 1.16. The third-order valence-corrected chi connectivity index (χ3v) is 3.37. The summed E-state index contributed by atoms with van der Waals surface area (Å²) in [6, 6.07) is 6.09. The molecule has 0 aliphatic carbocycles. The van der Waals surface area contributed by atoms with Crippen LogP contribution in [0.15, 0.2) is 18.2 Å². The van der Waals surface area contributed by atoms with Gasteiger partial charge in [0, 0.05) is 24.2 Å². The first kappa shape index (κ1) is 14.1. The maximum atomic E-state index is 5.93. The second-order valence-corrected chi connectivity index (χ2v) is 4.83. The van der Waals surface area contributed by atoms with Crippen molar-refractivity contribution < 1.29 is 0 Å². The van der Waals surface area contributed by atoms with E-state index in [0.717, 1.165) is 30.9 Å². The van der Waals surface area contributed by atoms with E-state index in [-0.39, 0.29) is 0 Å². The molecule has 0 aromatic heterocycles. The van der Waals surface area contributed by atoms with Crippen LogP contribution in [0.5, 0.6) is 0 Å². The number of halogens is 1. The zero-order valence-electron chi connectivity index (χ0n) is 10.8. The van der Waals surface area contributed by atoms with Crippen LogP contribution in [0.3, 0.4) is 0 Å². The van der Waals surface area contributed by atoms with Crippen molar-refractivity contribution in [3.05, 3.63) is 23.2 Å². The van der Waals surface area contributed by atoms with E-state index >= 15 is 0 Å². The van der Waals surface area contributed by atoms with Gasteiger partial charge in [-0.25, -0.2) is 0 Å². The SMILES string of the molecule is CCC(C)N(C)CCNc1cc(Cl)ccc1N. The fourth-order valence-corrected chi connectivity index (χ4v) is 1.75. The first-order valence-corrected chi connectivity index (χ1v) is 6.41. The van der Waals surface area contributed by atoms with Crippen molar-refractivity contribution in [2.24, 2.45) is 0 Å². The molecule has 0 bridgehead atoms. The number of nitrogen functional groups attached to an aromatic ring is 1. The van der Waals surface area contributed by atoms with E-state index in [1.54, 1.807) is 6.07 Å². The number of benzene rings is 1. The van der Waals surface area contributed by atoms with Gasteiger partial charge in [-0.3, -0.25) is 0 Å². The van der Waals surface area contributed by atoms with Crippen LogP contribution in [0.1, 0.15) is 20.3 Å². The van der Waals surface area contributed by atoms with E-state index in [9.17, 15) is 0 Å². The number of likely N-dealkylation sites (N-methyl/N-ethyl adjacent to an activating group) is 1. The molecule has 0 saturated heterocycles. The Morgan fingerprint density at radius 3 is 2.82 bits per heavy atom. The van der Waals surface area contributed by atoms with E-state index in [1.807, 2.05) is 12.1 Å². The van der Waals surface area contributed by atoms with Crippen molar-refractivity contribution in [2.75, 3.05) is 31.2 Å². The Labute approximate surface area is 109 Å². The molecule has 3 nitrogen and oxygen atoms in total. The maximum Gasteiger partial charge on any atom is 0.0589 e. The van der Waals surface area contributed by atoms with Crippen LogP contribution in [0.25, 0.3) is 0 Å². The van der Waals surface area contributed by atoms with Crippen LogP contribution in [0.4, 0.5) is 11.4 Å². The molecule has 1 aromatic carbocycles. The number of rotatable bonds is 6. The van der Waals surface area contributed by atoms with E-state index in [4.69, 9.17) is 17.3 Å². The highest BCUT2D eigenvalue weighted by Gasteiger charge is 2.06. The van der Waals surface area contributed by atoms with E-state index in [1.165, 1.54) is 0 Å². The molecule has 17 heavy (non-hydrogen) atoms. The summed E-state index contributed by atoms with van der Waals surface area (Å²) in [5.74, 6) is 0. The Hall–Kier alpha value is -0.930. The van der Waals surface area contributed by atoms with E-state index in [0.29, 0.717) is 11.1 Å². The van der Waals surface area contributed by atoms with Crippen LogP contribution in [0, 0.1) is 0 Å². The van der Waals surface area contributed by atoms with Gasteiger partial charge >= 0.3 is 0 Å². The molecule has 0 saturated carbocycles. The van der Waals surface area contributed by atoms with Gasteiger partial charge in [0.2, 0.25) is 0 Å². The average molecular weight is 256 g/mol. The lowest BCUT2D eigenvalue weighted by Gasteiger charge is -2.23. The van der Waals surface area contributed by atoms with Crippen LogP contribution in [0.2, 0.25) is 5.02 Å². The highest BCUT2D eigenvalue weighted by molar-refractivity contribution is 6.31. The van der Waals surface area contributed by atoms with Crippen molar-refractivity contribution in [3.8, 4) is 0 Å². The van der Waals surface area contributed by atoms with Crippen molar-refractivity contribution in [2.45, 2.75) is 26.3 Å². The molecule has 0 spiro atoms. The second-order valence-electron chi connectivity index (χ2n) is 4.40. The fraction of sp³-hybridized carbons (Fsp3) is 0.538. The third-order valence-electron chi connectivity index (χ3n) is 3.14. The molecule has 4 heteroatoms. The largest absolute Gasteiger partial charge is 0.397 e. The molecule has 1 aromatic rings. The molecule has 0 aliphatic rings. The monoisotopic (exact) mass is 255 g/mol. The van der Waals surface area contributed by atoms with Gasteiger partial charge in [0.1, 0.15) is 0 Å². The van der Waals surface area contributed by atoms with Gasteiger partial charge < -0.3 is 16.0 Å². The normalized spacial score (nSPS) is 12.8. The van der Waals surface area contributed by atoms with Crippen molar-refractivity contribution >= 4 is 23.0 Å². The maximum absolute atomic E-state index is 5.93. The van der Waals surface area contributed by atoms with Crippen LogP contribution in [-0.4, -0.2) is 31.1 Å². The summed E-state index contributed by atoms with van der Waals surface area (Å²) in [5, 5.41) is 4.02. The zero-order valence-corrected chi connectivity index (χ0v) is 11.6. The molecule has 96 valence electrons. The Balaban J connectivity index is 2.43. The average Bonchev–Trinajstić information content (AvgIpc) is 2.32. The Bertz CT molecular complexity index is 355. The molecule has 3 N–H and O–H groups in total. The van der Waals surface area contributed by atoms with Gasteiger partial charge in [-0.15, -0.1) is 0 Å². The third kappa shape index (κ3) is 4.44. The lowest BCUT2D eigenvalue weighted by Crippen LogP contribution is -2.32. The van der Waals surface area contributed by atoms with Crippen LogP contribution < -0.4 is 11.1 Å². The molecule has 0 radical (unpaired) electrons. The van der Waals surface area contributed by atoms with Gasteiger partial charge in [-0.05, 0) is 38.6 Å². The second kappa shape index (κ2) is 6.72. The van der Waals surface area contributed by atoms with Crippen molar-refractivity contribution in [1.82, 2.24) is 4.90 Å². The number of hydrogen-bond donors (Lipinski definition) is 2. The van der Waals surface area contributed by atoms with Crippen LogP contribution >= 0.6 is 11.6 Å². The molecule has 1 unspecified atom stereocenters. The summed E-state index contributed by atoms with van der Waals surface area (Å²) >= 11 is 5.93. The lowest BCUT2D eigenvalue weighted by atomic mass is 10.2. The standard InChI is InChI=1S/C13H22ClN3/c1-4-10(2)17(3)8-7-16-13-9-11(14)5-6-12(13)15/h5-6,9-10,16H,4,7-8,15H2,1-3H3. The Kier molecular flexibility index (Phi) is 5.59. The van der Waals surface area contributed by atoms with Crippen molar-refractivity contribution in [3.63, 3.8) is 0 Å². The zero-order chi connectivity index (χ0) is 12.8. The van der Waals surface area contributed by atoms with Gasteiger partial charge in [0.05, 0.1) is 11.4 Å².